The van der Waals surface area contributed by atoms with E-state index in [4.69, 9.17) is 19.9 Å². The molecule has 25 heavy (non-hydrogen) atoms. The van der Waals surface area contributed by atoms with E-state index in [0.717, 1.165) is 0 Å². The van der Waals surface area contributed by atoms with Gasteiger partial charge in [0.25, 0.3) is 0 Å². The molecule has 2 aliphatic heterocycles. The van der Waals surface area contributed by atoms with Crippen molar-refractivity contribution in [3.63, 3.8) is 0 Å². The molecule has 8 heteroatoms. The zero-order valence-corrected chi connectivity index (χ0v) is 14.7. The molecule has 0 radical (unpaired) electrons. The molecule has 0 aliphatic carbocycles. The van der Waals surface area contributed by atoms with Gasteiger partial charge in [-0.05, 0) is 39.3 Å². The summed E-state index contributed by atoms with van der Waals surface area (Å²) in [6.07, 6.45) is 1.43. The smallest absolute Gasteiger partial charge is 0.228 e. The number of anilines is 1. The van der Waals surface area contributed by atoms with Crippen LogP contribution >= 0.6 is 0 Å². The van der Waals surface area contributed by atoms with Crippen LogP contribution in [0.3, 0.4) is 0 Å². The van der Waals surface area contributed by atoms with Crippen LogP contribution in [-0.2, 0) is 19.8 Å². The Morgan fingerprint density at radius 3 is 2.76 bits per heavy atom. The monoisotopic (exact) mass is 343 g/mol. The Kier molecular flexibility index (Phi) is 3.20. The molecule has 2 aromatic rings. The Morgan fingerprint density at radius 2 is 2.08 bits per heavy atom. The predicted octanol–water partition coefficient (Wildman–Crippen LogP) is 1.75. The first kappa shape index (κ1) is 16.3. The van der Waals surface area contributed by atoms with Crippen LogP contribution in [0, 0.1) is 11.3 Å². The Morgan fingerprint density at radius 1 is 1.32 bits per heavy atom. The fourth-order valence-electron chi connectivity index (χ4n) is 4.15. The van der Waals surface area contributed by atoms with Crippen LogP contribution in [0.2, 0.25) is 0 Å². The van der Waals surface area contributed by atoms with E-state index >= 15 is 0 Å². The summed E-state index contributed by atoms with van der Waals surface area (Å²) in [5.41, 5.74) is 4.75. The normalized spacial score (nSPS) is 36.4. The maximum Gasteiger partial charge on any atom is 0.228 e. The third kappa shape index (κ3) is 1.91. The number of fused-ring (bicyclic) bond motifs is 2. The number of aromatic nitrogens is 3. The highest BCUT2D eigenvalue weighted by molar-refractivity contribution is 5.66. The molecule has 4 heterocycles. The predicted molar refractivity (Wildman–Crippen MR) is 88.3 cm³/mol. The summed E-state index contributed by atoms with van der Waals surface area (Å²) in [7, 11) is 0. The number of nitrogens with zero attached hydrogens (tertiary/aromatic N) is 4. The Labute approximate surface area is 145 Å². The summed E-state index contributed by atoms with van der Waals surface area (Å²) in [5, 5.41) is 14.5. The molecule has 8 nitrogen and oxygen atoms in total. The van der Waals surface area contributed by atoms with E-state index in [1.165, 1.54) is 6.33 Å². The molecule has 2 saturated heterocycles. The third-order valence-electron chi connectivity index (χ3n) is 5.18. The van der Waals surface area contributed by atoms with Crippen LogP contribution in [-0.4, -0.2) is 38.2 Å². The van der Waals surface area contributed by atoms with Gasteiger partial charge in [0.15, 0.2) is 11.6 Å². The van der Waals surface area contributed by atoms with Crippen molar-refractivity contribution in [1.29, 1.82) is 5.26 Å². The quantitative estimate of drug-likeness (QED) is 0.885. The van der Waals surface area contributed by atoms with Gasteiger partial charge >= 0.3 is 0 Å². The lowest BCUT2D eigenvalue weighted by atomic mass is 9.80. The minimum Gasteiger partial charge on any atom is -0.382 e. The van der Waals surface area contributed by atoms with E-state index in [1.807, 2.05) is 27.7 Å². The van der Waals surface area contributed by atoms with Crippen molar-refractivity contribution in [2.24, 2.45) is 0 Å². The van der Waals surface area contributed by atoms with Gasteiger partial charge in [-0.1, -0.05) is 6.92 Å². The maximum atomic E-state index is 10.2. The molecule has 0 spiro atoms. The summed E-state index contributed by atoms with van der Waals surface area (Å²) in [5.74, 6) is -0.468. The second-order valence-corrected chi connectivity index (χ2v) is 7.17. The van der Waals surface area contributed by atoms with Crippen molar-refractivity contribution >= 4 is 11.3 Å². The summed E-state index contributed by atoms with van der Waals surface area (Å²) in [6.45, 7) is 7.57. The van der Waals surface area contributed by atoms with Crippen LogP contribution in [0.1, 0.15) is 39.8 Å². The van der Waals surface area contributed by atoms with Crippen LogP contribution in [0.15, 0.2) is 18.5 Å². The van der Waals surface area contributed by atoms with Gasteiger partial charge < -0.3 is 19.9 Å². The average Bonchev–Trinajstić information content (AvgIpc) is 3.15. The topological polar surface area (TPSA) is 108 Å². The average molecular weight is 343 g/mol. The van der Waals surface area contributed by atoms with Crippen molar-refractivity contribution in [3.05, 3.63) is 24.2 Å². The van der Waals surface area contributed by atoms with E-state index in [1.54, 1.807) is 16.6 Å². The maximum absolute atomic E-state index is 10.2. The molecule has 0 amide bonds. The van der Waals surface area contributed by atoms with Crippen LogP contribution in [0.4, 0.5) is 5.82 Å². The fourth-order valence-corrected chi connectivity index (χ4v) is 4.15. The zero-order chi connectivity index (χ0) is 18.0. The molecule has 0 saturated carbocycles. The molecular formula is C17H21N5O3. The lowest BCUT2D eigenvalue weighted by Gasteiger charge is -2.35. The van der Waals surface area contributed by atoms with Gasteiger partial charge in [0.1, 0.15) is 29.6 Å². The van der Waals surface area contributed by atoms with E-state index in [9.17, 15) is 5.26 Å². The lowest BCUT2D eigenvalue weighted by molar-refractivity contribution is -0.221. The minimum absolute atomic E-state index is 0.267. The Hall–Kier alpha value is -2.21. The summed E-state index contributed by atoms with van der Waals surface area (Å²) >= 11 is 0. The van der Waals surface area contributed by atoms with Crippen LogP contribution < -0.4 is 5.73 Å². The van der Waals surface area contributed by atoms with Crippen molar-refractivity contribution in [1.82, 2.24) is 14.6 Å². The van der Waals surface area contributed by atoms with Crippen LogP contribution in [0.5, 0.6) is 0 Å². The van der Waals surface area contributed by atoms with Crippen LogP contribution in [0.25, 0.3) is 5.52 Å². The van der Waals surface area contributed by atoms with Gasteiger partial charge in [-0.3, -0.25) is 0 Å². The second-order valence-electron chi connectivity index (χ2n) is 7.17. The largest absolute Gasteiger partial charge is 0.382 e. The molecule has 0 bridgehead atoms. The molecule has 2 N–H and O–H groups in total. The number of nitriles is 1. The second kappa shape index (κ2) is 4.91. The fraction of sp³-hybridized carbons (Fsp3) is 0.588. The van der Waals surface area contributed by atoms with Gasteiger partial charge in [-0.2, -0.15) is 10.4 Å². The van der Waals surface area contributed by atoms with Gasteiger partial charge in [-0.25, -0.2) is 9.50 Å². The number of rotatable bonds is 2. The van der Waals surface area contributed by atoms with E-state index < -0.39 is 17.0 Å². The standard InChI is InChI=1S/C17H21N5O3/c1-5-11-13-16(4,25-15(2,3)24-13)17(8-18,23-11)12-7-6-10-14(19)20-9-21-22(10)12/h6-7,9,11,13H,5H2,1-4H3,(H2,19,20,21)/t11-,13-,16-,17+/m1/s1. The molecule has 0 aromatic carbocycles. The first-order chi connectivity index (χ1) is 11.8. The van der Waals surface area contributed by atoms with Crippen molar-refractivity contribution < 1.29 is 14.2 Å². The highest BCUT2D eigenvalue weighted by atomic mass is 16.8. The molecule has 4 rings (SSSR count). The number of hydrogen-bond acceptors (Lipinski definition) is 7. The number of nitrogens with two attached hydrogens (primary N) is 1. The highest BCUT2D eigenvalue weighted by Gasteiger charge is 2.72. The first-order valence-electron chi connectivity index (χ1n) is 8.34. The lowest BCUT2D eigenvalue weighted by Crippen LogP contribution is -2.51. The highest BCUT2D eigenvalue weighted by Crippen LogP contribution is 2.56. The number of nitrogen functional groups attached to an aromatic ring is 1. The molecule has 2 aliphatic rings. The van der Waals surface area contributed by atoms with E-state index in [2.05, 4.69) is 16.2 Å². The van der Waals surface area contributed by atoms with Gasteiger partial charge in [0.2, 0.25) is 5.60 Å². The van der Waals surface area contributed by atoms with E-state index in [-0.39, 0.29) is 12.2 Å². The Balaban J connectivity index is 1.97. The van der Waals surface area contributed by atoms with Gasteiger partial charge in [0.05, 0.1) is 11.8 Å². The van der Waals surface area contributed by atoms with Gasteiger partial charge in [0, 0.05) is 0 Å². The van der Waals surface area contributed by atoms with Gasteiger partial charge in [-0.15, -0.1) is 0 Å². The molecule has 2 aromatic heterocycles. The molecular weight excluding hydrogens is 322 g/mol. The molecule has 4 atom stereocenters. The zero-order valence-electron chi connectivity index (χ0n) is 14.7. The van der Waals surface area contributed by atoms with Crippen molar-refractivity contribution in [3.8, 4) is 6.07 Å². The summed E-state index contributed by atoms with van der Waals surface area (Å²) in [6, 6.07) is 5.93. The third-order valence-corrected chi connectivity index (χ3v) is 5.18. The SMILES string of the molecule is CC[C@H]1O[C@@](C#N)(c2ccc3c(N)ncnn23)[C@]2(C)OC(C)(C)O[C@H]12. The van der Waals surface area contributed by atoms with Crippen molar-refractivity contribution in [2.75, 3.05) is 5.73 Å². The minimum atomic E-state index is -1.38. The molecule has 2 fully saturated rings. The number of hydrogen-bond donors (Lipinski definition) is 1. The van der Waals surface area contributed by atoms with E-state index in [0.29, 0.717) is 23.4 Å². The first-order valence-corrected chi connectivity index (χ1v) is 8.34. The Bertz CT molecular complexity index is 888. The summed E-state index contributed by atoms with van der Waals surface area (Å²) < 4.78 is 20.2. The summed E-state index contributed by atoms with van der Waals surface area (Å²) in [4.78, 5) is 4.00. The molecule has 132 valence electrons. The number of ether oxygens (including phenoxy) is 3. The molecule has 0 unspecified atom stereocenters. The van der Waals surface area contributed by atoms with Crippen molar-refractivity contribution in [2.45, 2.75) is 63.3 Å².